The quantitative estimate of drug-likeness (QED) is 0.777. The third-order valence-corrected chi connectivity index (χ3v) is 6.03. The lowest BCUT2D eigenvalue weighted by molar-refractivity contribution is 0.102. The first-order valence-corrected chi connectivity index (χ1v) is 10.8. The highest BCUT2D eigenvalue weighted by molar-refractivity contribution is 6.03. The van der Waals surface area contributed by atoms with Crippen molar-refractivity contribution in [3.63, 3.8) is 0 Å². The van der Waals surface area contributed by atoms with Crippen LogP contribution in [0.15, 0.2) is 42.7 Å². The molecule has 1 unspecified atom stereocenters. The number of anilines is 2. The van der Waals surface area contributed by atoms with E-state index in [1.54, 1.807) is 30.6 Å². The number of hydrogen-bond donors (Lipinski definition) is 2. The van der Waals surface area contributed by atoms with Gasteiger partial charge in [-0.25, -0.2) is 9.78 Å². The average molecular weight is 425 g/mol. The lowest BCUT2D eigenvalue weighted by Gasteiger charge is -2.39. The first-order valence-electron chi connectivity index (χ1n) is 10.8. The van der Waals surface area contributed by atoms with Crippen molar-refractivity contribution in [1.29, 1.82) is 0 Å². The number of carboxylic acid groups (broad SMARTS) is 1. The number of hydrogen-bond acceptors (Lipinski definition) is 6. The van der Waals surface area contributed by atoms with Gasteiger partial charge in [-0.2, -0.15) is 0 Å². The second-order valence-corrected chi connectivity index (χ2v) is 7.95. The van der Waals surface area contributed by atoms with Crippen LogP contribution < -0.4 is 10.2 Å². The summed E-state index contributed by atoms with van der Waals surface area (Å²) in [6, 6.07) is 9.43. The molecular weight excluding hydrogens is 396 g/mol. The Hall–Kier alpha value is -3.20. The number of rotatable bonds is 4. The minimum Gasteiger partial charge on any atom is -0.465 e. The molecule has 4 rings (SSSR count). The van der Waals surface area contributed by atoms with Crippen LogP contribution in [0.2, 0.25) is 0 Å². The molecule has 2 amide bonds. The summed E-state index contributed by atoms with van der Waals surface area (Å²) in [6.45, 7) is 4.73. The van der Waals surface area contributed by atoms with Crippen LogP contribution in [-0.4, -0.2) is 82.2 Å². The van der Waals surface area contributed by atoms with Gasteiger partial charge in [0.15, 0.2) is 0 Å². The maximum absolute atomic E-state index is 12.5. The van der Waals surface area contributed by atoms with Gasteiger partial charge in [0.1, 0.15) is 11.5 Å². The van der Waals surface area contributed by atoms with E-state index in [-0.39, 0.29) is 5.91 Å². The van der Waals surface area contributed by atoms with Crippen LogP contribution in [0, 0.1) is 0 Å². The molecule has 0 spiro atoms. The van der Waals surface area contributed by atoms with Gasteiger partial charge in [0.25, 0.3) is 5.91 Å². The maximum atomic E-state index is 12.5. The zero-order valence-electron chi connectivity index (χ0n) is 17.5. The zero-order chi connectivity index (χ0) is 21.6. The summed E-state index contributed by atoms with van der Waals surface area (Å²) < 4.78 is 0. The van der Waals surface area contributed by atoms with E-state index in [4.69, 9.17) is 0 Å². The Morgan fingerprint density at radius 3 is 2.48 bits per heavy atom. The Morgan fingerprint density at radius 2 is 1.74 bits per heavy atom. The normalized spacial score (nSPS) is 20.2. The lowest BCUT2D eigenvalue weighted by atomic mass is 10.1. The Labute approximate surface area is 181 Å². The zero-order valence-corrected chi connectivity index (χ0v) is 17.5. The molecule has 164 valence electrons. The molecule has 2 aromatic heterocycles. The highest BCUT2D eigenvalue weighted by Crippen LogP contribution is 2.21. The molecule has 2 aliphatic heterocycles. The molecule has 31 heavy (non-hydrogen) atoms. The lowest BCUT2D eigenvalue weighted by Crippen LogP contribution is -2.51. The van der Waals surface area contributed by atoms with Crippen LogP contribution in [0.4, 0.5) is 16.3 Å². The second kappa shape index (κ2) is 9.74. The number of pyridine rings is 2. The number of aromatic nitrogens is 2. The van der Waals surface area contributed by atoms with E-state index in [2.05, 4.69) is 25.1 Å². The van der Waals surface area contributed by atoms with E-state index in [9.17, 15) is 14.7 Å². The van der Waals surface area contributed by atoms with Crippen LogP contribution in [0.3, 0.4) is 0 Å². The highest BCUT2D eigenvalue weighted by atomic mass is 16.4. The number of carbonyl (C=O) groups is 2. The minimum absolute atomic E-state index is 0.242. The van der Waals surface area contributed by atoms with Crippen molar-refractivity contribution in [3.8, 4) is 0 Å². The summed E-state index contributed by atoms with van der Waals surface area (Å²) in [5.74, 6) is 0.563. The molecule has 9 heteroatoms. The summed E-state index contributed by atoms with van der Waals surface area (Å²) in [7, 11) is 0. The van der Waals surface area contributed by atoms with E-state index in [1.807, 2.05) is 12.1 Å². The number of likely N-dealkylation sites (tertiary alicyclic amines) is 1. The maximum Gasteiger partial charge on any atom is 0.407 e. The van der Waals surface area contributed by atoms with Gasteiger partial charge in [0, 0.05) is 63.4 Å². The van der Waals surface area contributed by atoms with E-state index >= 15 is 0 Å². The van der Waals surface area contributed by atoms with Crippen LogP contribution in [0.25, 0.3) is 0 Å². The molecule has 2 fully saturated rings. The van der Waals surface area contributed by atoms with E-state index in [0.717, 1.165) is 51.3 Å². The van der Waals surface area contributed by atoms with Gasteiger partial charge >= 0.3 is 6.09 Å². The van der Waals surface area contributed by atoms with Crippen LogP contribution in [0.1, 0.15) is 29.8 Å². The Balaban J connectivity index is 1.33. The van der Waals surface area contributed by atoms with Gasteiger partial charge in [0.2, 0.25) is 0 Å². The fourth-order valence-electron chi connectivity index (χ4n) is 4.31. The molecule has 2 N–H and O–H groups in total. The van der Waals surface area contributed by atoms with Crippen molar-refractivity contribution in [2.45, 2.75) is 25.3 Å². The summed E-state index contributed by atoms with van der Waals surface area (Å²) >= 11 is 0. The Morgan fingerprint density at radius 1 is 0.968 bits per heavy atom. The topological polar surface area (TPSA) is 102 Å². The first-order chi connectivity index (χ1) is 15.1. The SMILES string of the molecule is O=C(Nc1ccncc1)c1cccc(N2CCN(C3CCCN(C(=O)O)CC3)CC2)n1. The highest BCUT2D eigenvalue weighted by Gasteiger charge is 2.27. The van der Waals surface area contributed by atoms with Crippen LogP contribution >= 0.6 is 0 Å². The molecule has 2 aliphatic rings. The summed E-state index contributed by atoms with van der Waals surface area (Å²) in [6.07, 6.45) is 5.28. The molecule has 2 saturated heterocycles. The average Bonchev–Trinajstić information content (AvgIpc) is 3.07. The standard InChI is InChI=1S/C22H28N6O3/c29-21(24-17-6-9-23-10-7-17)19-4-1-5-20(25-19)27-15-13-26(14-16-27)18-3-2-11-28(12-8-18)22(30)31/h1,4-7,9-10,18H,2-3,8,11-16H2,(H,30,31)(H,23,24,29). The van der Waals surface area contributed by atoms with Crippen molar-refractivity contribution in [3.05, 3.63) is 48.4 Å². The number of nitrogens with one attached hydrogen (secondary N) is 1. The monoisotopic (exact) mass is 424 g/mol. The fraction of sp³-hybridized carbons (Fsp3) is 0.455. The molecule has 4 heterocycles. The van der Waals surface area contributed by atoms with Crippen molar-refractivity contribution >= 4 is 23.5 Å². The number of amides is 2. The first kappa shape index (κ1) is 21.0. The number of nitrogens with zero attached hydrogens (tertiary/aromatic N) is 5. The van der Waals surface area contributed by atoms with Gasteiger partial charge in [-0.3, -0.25) is 14.7 Å². The molecule has 0 aromatic carbocycles. The fourth-order valence-corrected chi connectivity index (χ4v) is 4.31. The molecule has 0 saturated carbocycles. The van der Waals surface area contributed by atoms with Gasteiger partial charge in [-0.1, -0.05) is 6.07 Å². The second-order valence-electron chi connectivity index (χ2n) is 7.95. The van der Waals surface area contributed by atoms with Crippen LogP contribution in [0.5, 0.6) is 0 Å². The molecule has 1 atom stereocenters. The number of carbonyl (C=O) groups excluding carboxylic acids is 1. The molecule has 0 aliphatic carbocycles. The van der Waals surface area contributed by atoms with E-state index in [0.29, 0.717) is 30.5 Å². The third kappa shape index (κ3) is 5.29. The van der Waals surface area contributed by atoms with Crippen molar-refractivity contribution in [2.24, 2.45) is 0 Å². The minimum atomic E-state index is -0.815. The number of piperazine rings is 1. The predicted octanol–water partition coefficient (Wildman–Crippen LogP) is 2.38. The van der Waals surface area contributed by atoms with E-state index in [1.165, 1.54) is 4.90 Å². The molecule has 0 bridgehead atoms. The van der Waals surface area contributed by atoms with Gasteiger partial charge in [-0.05, 0) is 43.5 Å². The van der Waals surface area contributed by atoms with E-state index < -0.39 is 6.09 Å². The van der Waals surface area contributed by atoms with Gasteiger partial charge in [-0.15, -0.1) is 0 Å². The van der Waals surface area contributed by atoms with Crippen molar-refractivity contribution in [2.75, 3.05) is 49.5 Å². The summed E-state index contributed by atoms with van der Waals surface area (Å²) in [5, 5.41) is 12.1. The summed E-state index contributed by atoms with van der Waals surface area (Å²) in [5.41, 5.74) is 1.07. The molecule has 9 nitrogen and oxygen atoms in total. The largest absolute Gasteiger partial charge is 0.465 e. The van der Waals surface area contributed by atoms with Gasteiger partial charge < -0.3 is 20.2 Å². The third-order valence-electron chi connectivity index (χ3n) is 6.03. The molecule has 0 radical (unpaired) electrons. The van der Waals surface area contributed by atoms with Crippen molar-refractivity contribution < 1.29 is 14.7 Å². The Kier molecular flexibility index (Phi) is 6.61. The molecule has 2 aromatic rings. The molecular formula is C22H28N6O3. The smallest absolute Gasteiger partial charge is 0.407 e. The Bertz CT molecular complexity index is 901. The van der Waals surface area contributed by atoms with Gasteiger partial charge in [0.05, 0.1) is 0 Å². The summed E-state index contributed by atoms with van der Waals surface area (Å²) in [4.78, 5) is 38.5. The van der Waals surface area contributed by atoms with Crippen LogP contribution in [-0.2, 0) is 0 Å². The predicted molar refractivity (Wildman–Crippen MR) is 117 cm³/mol. The van der Waals surface area contributed by atoms with Crippen molar-refractivity contribution in [1.82, 2.24) is 19.8 Å².